The van der Waals surface area contributed by atoms with E-state index in [2.05, 4.69) is 5.32 Å². The first kappa shape index (κ1) is 13.5. The Hall–Kier alpha value is -1.53. The van der Waals surface area contributed by atoms with E-state index in [4.69, 9.17) is 16.9 Å². The van der Waals surface area contributed by atoms with Gasteiger partial charge in [-0.25, -0.2) is 0 Å². The fourth-order valence-electron chi connectivity index (χ4n) is 1.39. The Morgan fingerprint density at radius 2 is 1.88 bits per heavy atom. The predicted octanol–water partition coefficient (Wildman–Crippen LogP) is 3.46. The summed E-state index contributed by atoms with van der Waals surface area (Å²) in [6, 6.07) is 8.83. The second-order valence-electron chi connectivity index (χ2n) is 4.92. The number of anilines is 1. The molecule has 0 aliphatic heterocycles. The third kappa shape index (κ3) is 3.76. The first-order valence-corrected chi connectivity index (χ1v) is 5.68. The van der Waals surface area contributed by atoms with Crippen molar-refractivity contribution in [2.24, 2.45) is 11.3 Å². The summed E-state index contributed by atoms with van der Waals surface area (Å²) >= 11 is 5.75. The molecule has 0 spiro atoms. The molecule has 90 valence electrons. The van der Waals surface area contributed by atoms with Gasteiger partial charge in [-0.1, -0.05) is 32.4 Å². The zero-order chi connectivity index (χ0) is 13.1. The number of nitrogens with zero attached hydrogens (tertiary/aromatic N) is 1. The van der Waals surface area contributed by atoms with Crippen molar-refractivity contribution in [2.45, 2.75) is 20.8 Å². The van der Waals surface area contributed by atoms with Crippen LogP contribution >= 0.6 is 11.6 Å². The van der Waals surface area contributed by atoms with Crippen molar-refractivity contribution >= 4 is 23.2 Å². The van der Waals surface area contributed by atoms with Crippen LogP contribution in [-0.2, 0) is 4.79 Å². The van der Waals surface area contributed by atoms with Crippen molar-refractivity contribution < 1.29 is 4.79 Å². The smallest absolute Gasteiger partial charge is 0.242 e. The van der Waals surface area contributed by atoms with E-state index in [0.29, 0.717) is 10.7 Å². The fraction of sp³-hybridized carbons (Fsp3) is 0.385. The summed E-state index contributed by atoms with van der Waals surface area (Å²) in [5.41, 5.74) is 0.259. The molecular formula is C13H15ClN2O. The molecule has 1 N–H and O–H groups in total. The second-order valence-corrected chi connectivity index (χ2v) is 5.36. The summed E-state index contributed by atoms with van der Waals surface area (Å²) in [6.45, 7) is 5.59. The monoisotopic (exact) mass is 250 g/mol. The molecule has 17 heavy (non-hydrogen) atoms. The van der Waals surface area contributed by atoms with E-state index in [9.17, 15) is 4.79 Å². The van der Waals surface area contributed by atoms with Crippen LogP contribution in [0.5, 0.6) is 0 Å². The molecule has 0 bridgehead atoms. The van der Waals surface area contributed by atoms with Gasteiger partial charge in [0.25, 0.3) is 0 Å². The van der Waals surface area contributed by atoms with E-state index < -0.39 is 5.92 Å². The van der Waals surface area contributed by atoms with Crippen LogP contribution in [-0.4, -0.2) is 5.91 Å². The van der Waals surface area contributed by atoms with Crippen molar-refractivity contribution in [3.63, 3.8) is 0 Å². The van der Waals surface area contributed by atoms with E-state index in [1.807, 2.05) is 26.8 Å². The number of amides is 1. The van der Waals surface area contributed by atoms with Gasteiger partial charge in [0, 0.05) is 10.7 Å². The molecule has 0 saturated heterocycles. The topological polar surface area (TPSA) is 52.9 Å². The van der Waals surface area contributed by atoms with Crippen molar-refractivity contribution in [3.8, 4) is 6.07 Å². The number of carbonyl (C=O) groups excluding carboxylic acids is 1. The largest absolute Gasteiger partial charge is 0.325 e. The average Bonchev–Trinajstić information content (AvgIpc) is 2.20. The highest BCUT2D eigenvalue weighted by Gasteiger charge is 2.31. The van der Waals surface area contributed by atoms with Crippen LogP contribution in [0.2, 0.25) is 5.02 Å². The molecule has 0 radical (unpaired) electrons. The van der Waals surface area contributed by atoms with Crippen LogP contribution in [0.15, 0.2) is 24.3 Å². The molecule has 1 unspecified atom stereocenters. The maximum atomic E-state index is 11.9. The van der Waals surface area contributed by atoms with Crippen LogP contribution < -0.4 is 5.32 Å². The van der Waals surface area contributed by atoms with Crippen LogP contribution in [0.1, 0.15) is 20.8 Å². The first-order chi connectivity index (χ1) is 7.84. The van der Waals surface area contributed by atoms with Crippen LogP contribution in [0.25, 0.3) is 0 Å². The maximum absolute atomic E-state index is 11.9. The van der Waals surface area contributed by atoms with Gasteiger partial charge in [0.2, 0.25) is 5.91 Å². The highest BCUT2D eigenvalue weighted by molar-refractivity contribution is 6.30. The number of nitriles is 1. The summed E-state index contributed by atoms with van der Waals surface area (Å²) in [7, 11) is 0. The van der Waals surface area contributed by atoms with Crippen molar-refractivity contribution in [1.29, 1.82) is 5.26 Å². The summed E-state index contributed by atoms with van der Waals surface area (Å²) < 4.78 is 0. The second kappa shape index (κ2) is 5.20. The van der Waals surface area contributed by atoms with Crippen LogP contribution in [0.3, 0.4) is 0 Å². The van der Waals surface area contributed by atoms with Crippen molar-refractivity contribution in [2.75, 3.05) is 5.32 Å². The molecular weight excluding hydrogens is 236 g/mol. The number of hydrogen-bond acceptors (Lipinski definition) is 2. The van der Waals surface area contributed by atoms with E-state index in [-0.39, 0.29) is 11.3 Å². The lowest BCUT2D eigenvalue weighted by molar-refractivity contribution is -0.120. The molecule has 3 nitrogen and oxygen atoms in total. The lowest BCUT2D eigenvalue weighted by atomic mass is 9.81. The molecule has 1 amide bonds. The van der Waals surface area contributed by atoms with Crippen molar-refractivity contribution in [1.82, 2.24) is 0 Å². The third-order valence-electron chi connectivity index (χ3n) is 2.37. The summed E-state index contributed by atoms with van der Waals surface area (Å²) in [4.78, 5) is 11.9. The van der Waals surface area contributed by atoms with Gasteiger partial charge in [-0.15, -0.1) is 0 Å². The SMILES string of the molecule is CC(C)(C)C(C#N)C(=O)Nc1ccc(Cl)cc1. The van der Waals surface area contributed by atoms with E-state index in [0.717, 1.165) is 0 Å². The van der Waals surface area contributed by atoms with Gasteiger partial charge in [0.05, 0.1) is 6.07 Å². The fourth-order valence-corrected chi connectivity index (χ4v) is 1.52. The molecule has 1 rings (SSSR count). The van der Waals surface area contributed by atoms with E-state index in [1.54, 1.807) is 24.3 Å². The van der Waals surface area contributed by atoms with E-state index in [1.165, 1.54) is 0 Å². The molecule has 0 aliphatic carbocycles. The Labute approximate surface area is 106 Å². The van der Waals surface area contributed by atoms with Crippen molar-refractivity contribution in [3.05, 3.63) is 29.3 Å². The van der Waals surface area contributed by atoms with Crippen LogP contribution in [0, 0.1) is 22.7 Å². The van der Waals surface area contributed by atoms with E-state index >= 15 is 0 Å². The Bertz CT molecular complexity index is 440. The molecule has 0 fully saturated rings. The zero-order valence-electron chi connectivity index (χ0n) is 10.1. The predicted molar refractivity (Wildman–Crippen MR) is 68.6 cm³/mol. The number of nitrogens with one attached hydrogen (secondary N) is 1. The summed E-state index contributed by atoms with van der Waals surface area (Å²) in [6.07, 6.45) is 0. The number of halogens is 1. The average molecular weight is 251 g/mol. The quantitative estimate of drug-likeness (QED) is 0.874. The minimum atomic E-state index is -0.682. The lowest BCUT2D eigenvalue weighted by Gasteiger charge is -2.23. The number of hydrogen-bond donors (Lipinski definition) is 1. The minimum absolute atomic E-state index is 0.290. The van der Waals surface area contributed by atoms with Gasteiger partial charge < -0.3 is 5.32 Å². The van der Waals surface area contributed by atoms with Gasteiger partial charge in [-0.3, -0.25) is 4.79 Å². The Morgan fingerprint density at radius 3 is 2.29 bits per heavy atom. The molecule has 0 aliphatic rings. The number of carbonyl (C=O) groups is 1. The first-order valence-electron chi connectivity index (χ1n) is 5.30. The van der Waals surface area contributed by atoms with Gasteiger partial charge in [-0.2, -0.15) is 5.26 Å². The Kier molecular flexibility index (Phi) is 4.14. The maximum Gasteiger partial charge on any atom is 0.242 e. The van der Waals surface area contributed by atoms with Gasteiger partial charge in [0.1, 0.15) is 5.92 Å². The molecule has 4 heteroatoms. The van der Waals surface area contributed by atoms with Gasteiger partial charge >= 0.3 is 0 Å². The Morgan fingerprint density at radius 1 is 1.35 bits per heavy atom. The number of benzene rings is 1. The Balaban J connectivity index is 2.79. The molecule has 0 aromatic heterocycles. The van der Waals surface area contributed by atoms with Gasteiger partial charge in [0.15, 0.2) is 0 Å². The molecule has 0 saturated carbocycles. The normalized spacial score (nSPS) is 12.6. The highest BCUT2D eigenvalue weighted by atomic mass is 35.5. The number of rotatable bonds is 2. The third-order valence-corrected chi connectivity index (χ3v) is 2.62. The lowest BCUT2D eigenvalue weighted by Crippen LogP contribution is -2.32. The molecule has 0 heterocycles. The molecule has 1 aromatic carbocycles. The molecule has 1 aromatic rings. The minimum Gasteiger partial charge on any atom is -0.325 e. The summed E-state index contributed by atoms with van der Waals surface area (Å²) in [5.74, 6) is -0.972. The van der Waals surface area contributed by atoms with Gasteiger partial charge in [-0.05, 0) is 29.7 Å². The summed E-state index contributed by atoms with van der Waals surface area (Å²) in [5, 5.41) is 12.3. The van der Waals surface area contributed by atoms with Crippen LogP contribution in [0.4, 0.5) is 5.69 Å². The standard InChI is InChI=1S/C13H15ClN2O/c1-13(2,3)11(8-15)12(17)16-10-6-4-9(14)5-7-10/h4-7,11H,1-3H3,(H,16,17). The zero-order valence-corrected chi connectivity index (χ0v) is 10.9. The highest BCUT2D eigenvalue weighted by Crippen LogP contribution is 2.26. The molecule has 1 atom stereocenters.